The molecule has 1 aromatic heterocycles. The minimum absolute atomic E-state index is 0.447. The number of ketones is 1. The molecule has 1 heterocycles. The molecule has 0 saturated heterocycles. The van der Waals surface area contributed by atoms with Gasteiger partial charge < -0.3 is 9.84 Å². The zero-order valence-electron chi connectivity index (χ0n) is 13.0. The Morgan fingerprint density at radius 1 is 1.39 bits per heavy atom. The average molecular weight is 337 g/mol. The van der Waals surface area contributed by atoms with Crippen LogP contribution in [0.5, 0.6) is 5.75 Å². The van der Waals surface area contributed by atoms with E-state index in [1.54, 1.807) is 31.3 Å². The number of ether oxygens (including phenoxy) is 1. The second-order valence-corrected chi connectivity index (χ2v) is 6.12. The number of carbonyl (C=O) groups is 2. The number of imidazole rings is 1. The largest absolute Gasteiger partial charge is 0.481 e. The van der Waals surface area contributed by atoms with E-state index in [0.29, 0.717) is 10.8 Å². The molecule has 0 saturated carbocycles. The highest BCUT2D eigenvalue weighted by molar-refractivity contribution is 6.30. The van der Waals surface area contributed by atoms with Gasteiger partial charge in [-0.25, -0.2) is 4.98 Å². The van der Waals surface area contributed by atoms with Crippen LogP contribution in [0.1, 0.15) is 25.6 Å². The van der Waals surface area contributed by atoms with Crippen molar-refractivity contribution in [2.75, 3.05) is 0 Å². The number of hydrogen-bond donors (Lipinski definition) is 1. The molecule has 2 rings (SSSR count). The molecule has 1 atom stereocenters. The van der Waals surface area contributed by atoms with E-state index >= 15 is 0 Å². The topological polar surface area (TPSA) is 81.4 Å². The van der Waals surface area contributed by atoms with Gasteiger partial charge in [0.15, 0.2) is 0 Å². The minimum atomic E-state index is -1.60. The first-order valence-electron chi connectivity index (χ1n) is 6.91. The normalized spacial score (nSPS) is 12.7. The maximum absolute atomic E-state index is 12.7. The summed E-state index contributed by atoms with van der Waals surface area (Å²) in [6.07, 6.45) is 3.31. The van der Waals surface area contributed by atoms with Crippen molar-refractivity contribution in [3.8, 4) is 5.75 Å². The van der Waals surface area contributed by atoms with Crippen molar-refractivity contribution in [1.29, 1.82) is 0 Å². The zero-order valence-corrected chi connectivity index (χ0v) is 13.7. The number of rotatable bonds is 6. The second-order valence-electron chi connectivity index (χ2n) is 5.68. The number of halogens is 1. The molecule has 6 nitrogen and oxygen atoms in total. The Morgan fingerprint density at radius 3 is 2.61 bits per heavy atom. The van der Waals surface area contributed by atoms with Crippen molar-refractivity contribution < 1.29 is 19.4 Å². The standard InChI is InChI=1S/C16H17ClN2O4/c1-10-8-11(17)4-5-12(10)23-14(19-7-6-18-9-19)13(20)16(2,3)15(21)22/h4-9,14H,1-3H3,(H,21,22). The van der Waals surface area contributed by atoms with E-state index in [1.165, 1.54) is 30.9 Å². The molecule has 122 valence electrons. The second kappa shape index (κ2) is 6.42. The summed E-state index contributed by atoms with van der Waals surface area (Å²) in [5.74, 6) is -1.36. The van der Waals surface area contributed by atoms with E-state index < -0.39 is 23.4 Å². The number of hydrogen-bond acceptors (Lipinski definition) is 4. The predicted octanol–water partition coefficient (Wildman–Crippen LogP) is 3.10. The number of aliphatic carboxylic acids is 1. The summed E-state index contributed by atoms with van der Waals surface area (Å²) >= 11 is 5.91. The molecular weight excluding hydrogens is 320 g/mol. The molecule has 0 radical (unpaired) electrons. The minimum Gasteiger partial charge on any atom is -0.481 e. The number of aryl methyl sites for hydroxylation is 1. The number of aromatic nitrogens is 2. The van der Waals surface area contributed by atoms with Gasteiger partial charge in [-0.1, -0.05) is 11.6 Å². The van der Waals surface area contributed by atoms with E-state index in [-0.39, 0.29) is 0 Å². The summed E-state index contributed by atoms with van der Waals surface area (Å²) in [5.41, 5.74) is -0.863. The lowest BCUT2D eigenvalue weighted by Gasteiger charge is -2.26. The third-order valence-corrected chi connectivity index (χ3v) is 3.78. The zero-order chi connectivity index (χ0) is 17.2. The summed E-state index contributed by atoms with van der Waals surface area (Å²) in [7, 11) is 0. The van der Waals surface area contributed by atoms with Crippen LogP contribution < -0.4 is 4.74 Å². The lowest BCUT2D eigenvalue weighted by molar-refractivity contribution is -0.157. The van der Waals surface area contributed by atoms with Crippen LogP contribution >= 0.6 is 11.6 Å². The summed E-state index contributed by atoms with van der Waals surface area (Å²) in [4.78, 5) is 28.0. The van der Waals surface area contributed by atoms with Gasteiger partial charge in [-0.05, 0) is 44.5 Å². The smallest absolute Gasteiger partial charge is 0.316 e. The van der Waals surface area contributed by atoms with Gasteiger partial charge in [-0.15, -0.1) is 0 Å². The Hall–Kier alpha value is -2.34. The summed E-state index contributed by atoms with van der Waals surface area (Å²) < 4.78 is 7.23. The molecule has 0 aliphatic carbocycles. The van der Waals surface area contributed by atoms with Crippen molar-refractivity contribution >= 4 is 23.4 Å². The van der Waals surface area contributed by atoms with Crippen molar-refractivity contribution in [3.05, 3.63) is 47.5 Å². The third-order valence-electron chi connectivity index (χ3n) is 3.55. The van der Waals surface area contributed by atoms with Crippen molar-refractivity contribution in [3.63, 3.8) is 0 Å². The monoisotopic (exact) mass is 336 g/mol. The molecule has 0 fully saturated rings. The lowest BCUT2D eigenvalue weighted by Crippen LogP contribution is -2.40. The summed E-state index contributed by atoms with van der Waals surface area (Å²) in [6.45, 7) is 4.48. The van der Waals surface area contributed by atoms with Crippen LogP contribution in [0.4, 0.5) is 0 Å². The van der Waals surface area contributed by atoms with Gasteiger partial charge in [0.25, 0.3) is 0 Å². The maximum atomic E-state index is 12.7. The van der Waals surface area contributed by atoms with Crippen LogP contribution in [0, 0.1) is 12.3 Å². The van der Waals surface area contributed by atoms with Gasteiger partial charge in [-0.3, -0.25) is 14.2 Å². The summed E-state index contributed by atoms with van der Waals surface area (Å²) in [6, 6.07) is 4.99. The molecule has 0 spiro atoms. The molecule has 2 aromatic rings. The van der Waals surface area contributed by atoms with Crippen LogP contribution in [0.25, 0.3) is 0 Å². The van der Waals surface area contributed by atoms with Gasteiger partial charge in [-0.2, -0.15) is 0 Å². The number of benzene rings is 1. The molecule has 1 N–H and O–H groups in total. The Labute approximate surface area is 138 Å². The SMILES string of the molecule is Cc1cc(Cl)ccc1OC(C(=O)C(C)(C)C(=O)O)n1ccnc1. The molecule has 0 bridgehead atoms. The first kappa shape index (κ1) is 17.0. The highest BCUT2D eigenvalue weighted by Crippen LogP contribution is 2.30. The van der Waals surface area contributed by atoms with Crippen LogP contribution in [-0.4, -0.2) is 26.4 Å². The molecule has 0 aliphatic rings. The highest BCUT2D eigenvalue weighted by Gasteiger charge is 2.42. The van der Waals surface area contributed by atoms with Gasteiger partial charge >= 0.3 is 5.97 Å². The van der Waals surface area contributed by atoms with Crippen molar-refractivity contribution in [1.82, 2.24) is 9.55 Å². The molecule has 1 aromatic carbocycles. The Balaban J connectivity index is 2.40. The van der Waals surface area contributed by atoms with Crippen LogP contribution in [0.15, 0.2) is 36.9 Å². The predicted molar refractivity (Wildman–Crippen MR) is 84.5 cm³/mol. The van der Waals surface area contributed by atoms with Crippen molar-refractivity contribution in [2.24, 2.45) is 5.41 Å². The quantitative estimate of drug-likeness (QED) is 0.820. The first-order valence-corrected chi connectivity index (χ1v) is 7.29. The fourth-order valence-corrected chi connectivity index (χ4v) is 2.16. The number of carboxylic acid groups (broad SMARTS) is 1. The van der Waals surface area contributed by atoms with E-state index in [4.69, 9.17) is 16.3 Å². The van der Waals surface area contributed by atoms with Crippen LogP contribution in [0.3, 0.4) is 0 Å². The molecule has 0 amide bonds. The van der Waals surface area contributed by atoms with Gasteiger partial charge in [0.2, 0.25) is 12.0 Å². The van der Waals surface area contributed by atoms with Gasteiger partial charge in [0.05, 0.1) is 6.33 Å². The van der Waals surface area contributed by atoms with E-state index in [0.717, 1.165) is 5.56 Å². The lowest BCUT2D eigenvalue weighted by atomic mass is 9.87. The van der Waals surface area contributed by atoms with E-state index in [2.05, 4.69) is 4.98 Å². The fraction of sp³-hybridized carbons (Fsp3) is 0.312. The molecule has 23 heavy (non-hydrogen) atoms. The van der Waals surface area contributed by atoms with E-state index in [9.17, 15) is 14.7 Å². The average Bonchev–Trinajstić information content (AvgIpc) is 2.99. The highest BCUT2D eigenvalue weighted by atomic mass is 35.5. The Bertz CT molecular complexity index is 726. The molecule has 7 heteroatoms. The Morgan fingerprint density at radius 2 is 2.09 bits per heavy atom. The van der Waals surface area contributed by atoms with Crippen LogP contribution in [0.2, 0.25) is 5.02 Å². The molecular formula is C16H17ClN2O4. The maximum Gasteiger partial charge on any atom is 0.316 e. The van der Waals surface area contributed by atoms with Gasteiger partial charge in [0.1, 0.15) is 11.2 Å². The van der Waals surface area contributed by atoms with E-state index in [1.807, 2.05) is 0 Å². The first-order chi connectivity index (χ1) is 10.7. The third kappa shape index (κ3) is 3.53. The Kier molecular flexibility index (Phi) is 4.75. The van der Waals surface area contributed by atoms with Crippen LogP contribution in [-0.2, 0) is 9.59 Å². The fourth-order valence-electron chi connectivity index (χ4n) is 1.94. The number of Topliss-reactive ketones (excluding diaryl/α,β-unsaturated/α-hetero) is 1. The number of nitrogens with zero attached hydrogens (tertiary/aromatic N) is 2. The van der Waals surface area contributed by atoms with Crippen molar-refractivity contribution in [2.45, 2.75) is 27.0 Å². The van der Waals surface area contributed by atoms with Gasteiger partial charge in [0, 0.05) is 17.4 Å². The number of carbonyl (C=O) groups excluding carboxylic acids is 1. The number of carboxylic acids is 1. The summed E-state index contributed by atoms with van der Waals surface area (Å²) in [5, 5.41) is 9.84. The molecule has 0 aliphatic heterocycles. The molecule has 1 unspecified atom stereocenters.